The van der Waals surface area contributed by atoms with Gasteiger partial charge < -0.3 is 10.3 Å². The Bertz CT molecular complexity index is 570. The molecule has 1 amide bonds. The van der Waals surface area contributed by atoms with Crippen LogP contribution >= 0.6 is 0 Å². The van der Waals surface area contributed by atoms with Crippen LogP contribution in [-0.2, 0) is 7.05 Å². The summed E-state index contributed by atoms with van der Waals surface area (Å²) in [6, 6.07) is 4.70. The van der Waals surface area contributed by atoms with Crippen molar-refractivity contribution in [1.82, 2.24) is 14.8 Å². The van der Waals surface area contributed by atoms with Crippen LogP contribution in [0.25, 0.3) is 0 Å². The minimum Gasteiger partial charge on any atom is -0.328 e. The van der Waals surface area contributed by atoms with Crippen molar-refractivity contribution in [2.45, 2.75) is 0 Å². The number of hydrogen-bond donors (Lipinski definition) is 2. The SMILES string of the molecule is Cn1ccc(NC(=O)c2ccc[nH]c2=O)n1. The fourth-order valence-electron chi connectivity index (χ4n) is 1.27. The predicted molar refractivity (Wildman–Crippen MR) is 58.2 cm³/mol. The average Bonchev–Trinajstić information content (AvgIpc) is 2.64. The Hall–Kier alpha value is -2.37. The van der Waals surface area contributed by atoms with Gasteiger partial charge >= 0.3 is 0 Å². The molecule has 0 aromatic carbocycles. The van der Waals surface area contributed by atoms with Gasteiger partial charge in [0.2, 0.25) is 0 Å². The molecule has 0 aliphatic rings. The smallest absolute Gasteiger partial charge is 0.262 e. The van der Waals surface area contributed by atoms with Gasteiger partial charge in [0.05, 0.1) is 0 Å². The van der Waals surface area contributed by atoms with E-state index < -0.39 is 11.5 Å². The zero-order valence-corrected chi connectivity index (χ0v) is 8.60. The van der Waals surface area contributed by atoms with E-state index in [9.17, 15) is 9.59 Å². The predicted octanol–water partition coefficient (Wildman–Crippen LogP) is 0.361. The topological polar surface area (TPSA) is 79.8 Å². The quantitative estimate of drug-likeness (QED) is 0.763. The Morgan fingerprint density at radius 3 is 2.94 bits per heavy atom. The lowest BCUT2D eigenvalue weighted by molar-refractivity contribution is 0.102. The molecule has 6 heteroatoms. The summed E-state index contributed by atoms with van der Waals surface area (Å²) in [5.74, 6) is -0.0590. The van der Waals surface area contributed by atoms with E-state index in [1.165, 1.54) is 12.3 Å². The van der Waals surface area contributed by atoms with Crippen LogP contribution < -0.4 is 10.9 Å². The van der Waals surface area contributed by atoms with Crippen molar-refractivity contribution < 1.29 is 4.79 Å². The third-order valence-corrected chi connectivity index (χ3v) is 2.02. The first kappa shape index (κ1) is 10.2. The highest BCUT2D eigenvalue weighted by atomic mass is 16.2. The second kappa shape index (κ2) is 4.01. The molecule has 0 saturated heterocycles. The van der Waals surface area contributed by atoms with E-state index in [1.807, 2.05) is 0 Å². The van der Waals surface area contributed by atoms with Gasteiger partial charge in [-0.3, -0.25) is 14.3 Å². The summed E-state index contributed by atoms with van der Waals surface area (Å²) in [5, 5.41) is 6.51. The molecule has 0 atom stereocenters. The Labute approximate surface area is 90.9 Å². The average molecular weight is 218 g/mol. The molecule has 6 nitrogen and oxygen atoms in total. The standard InChI is InChI=1S/C10H10N4O2/c1-14-6-4-8(13-14)12-10(16)7-3-2-5-11-9(7)15/h2-6H,1H3,(H,11,15)(H,12,13,16). The highest BCUT2D eigenvalue weighted by Gasteiger charge is 2.10. The summed E-state index contributed by atoms with van der Waals surface area (Å²) in [7, 11) is 1.74. The number of aromatic nitrogens is 3. The van der Waals surface area contributed by atoms with Crippen LogP contribution in [0.3, 0.4) is 0 Å². The Morgan fingerprint density at radius 1 is 1.50 bits per heavy atom. The van der Waals surface area contributed by atoms with Crippen molar-refractivity contribution >= 4 is 11.7 Å². The number of H-pyrrole nitrogens is 1. The molecule has 0 aliphatic heterocycles. The number of amides is 1. The van der Waals surface area contributed by atoms with Crippen molar-refractivity contribution in [3.8, 4) is 0 Å². The summed E-state index contributed by atoms with van der Waals surface area (Å²) >= 11 is 0. The molecule has 0 fully saturated rings. The second-order valence-electron chi connectivity index (χ2n) is 3.24. The van der Waals surface area contributed by atoms with Crippen LogP contribution in [0.1, 0.15) is 10.4 Å². The van der Waals surface area contributed by atoms with Crippen LogP contribution in [0.4, 0.5) is 5.82 Å². The monoisotopic (exact) mass is 218 g/mol. The van der Waals surface area contributed by atoms with Gasteiger partial charge in [-0.1, -0.05) is 0 Å². The maximum absolute atomic E-state index is 11.7. The lowest BCUT2D eigenvalue weighted by Crippen LogP contribution is -2.22. The summed E-state index contributed by atoms with van der Waals surface area (Å²) in [6.07, 6.45) is 3.17. The first-order valence-corrected chi connectivity index (χ1v) is 4.65. The number of rotatable bonds is 2. The van der Waals surface area contributed by atoms with Gasteiger partial charge in [-0.05, 0) is 12.1 Å². The summed E-state index contributed by atoms with van der Waals surface area (Å²) < 4.78 is 1.56. The molecule has 2 rings (SSSR count). The van der Waals surface area contributed by atoms with E-state index in [-0.39, 0.29) is 5.56 Å². The van der Waals surface area contributed by atoms with Crippen molar-refractivity contribution in [1.29, 1.82) is 0 Å². The third-order valence-electron chi connectivity index (χ3n) is 2.02. The van der Waals surface area contributed by atoms with Gasteiger partial charge in [0, 0.05) is 25.5 Å². The van der Waals surface area contributed by atoms with E-state index in [2.05, 4.69) is 15.4 Å². The largest absolute Gasteiger partial charge is 0.328 e. The molecule has 0 saturated carbocycles. The van der Waals surface area contributed by atoms with Crippen LogP contribution in [0.2, 0.25) is 0 Å². The molecule has 82 valence electrons. The number of carbonyl (C=O) groups is 1. The minimum atomic E-state index is -0.472. The van der Waals surface area contributed by atoms with Gasteiger partial charge in [-0.25, -0.2) is 0 Å². The van der Waals surface area contributed by atoms with E-state index in [4.69, 9.17) is 0 Å². The highest BCUT2D eigenvalue weighted by molar-refractivity contribution is 6.03. The molecular weight excluding hydrogens is 208 g/mol. The Morgan fingerprint density at radius 2 is 2.31 bits per heavy atom. The molecule has 0 unspecified atom stereocenters. The number of anilines is 1. The van der Waals surface area contributed by atoms with Crippen molar-refractivity contribution in [2.24, 2.45) is 7.05 Å². The molecule has 2 heterocycles. The molecule has 16 heavy (non-hydrogen) atoms. The fraction of sp³-hybridized carbons (Fsp3) is 0.100. The van der Waals surface area contributed by atoms with Crippen molar-refractivity contribution in [3.63, 3.8) is 0 Å². The number of carbonyl (C=O) groups excluding carboxylic acids is 1. The zero-order chi connectivity index (χ0) is 11.5. The second-order valence-corrected chi connectivity index (χ2v) is 3.24. The van der Waals surface area contributed by atoms with Crippen LogP contribution in [0, 0.1) is 0 Å². The van der Waals surface area contributed by atoms with Crippen LogP contribution in [0.15, 0.2) is 35.4 Å². The molecule has 0 radical (unpaired) electrons. The van der Waals surface area contributed by atoms with Crippen molar-refractivity contribution in [3.05, 3.63) is 46.5 Å². The van der Waals surface area contributed by atoms with Gasteiger partial charge in [0.15, 0.2) is 5.82 Å². The third kappa shape index (κ3) is 2.00. The summed E-state index contributed by atoms with van der Waals surface area (Å²) in [6.45, 7) is 0. The van der Waals surface area contributed by atoms with Crippen LogP contribution in [-0.4, -0.2) is 20.7 Å². The number of hydrogen-bond acceptors (Lipinski definition) is 3. The molecule has 2 N–H and O–H groups in total. The summed E-state index contributed by atoms with van der Waals surface area (Å²) in [5.41, 5.74) is -0.357. The first-order valence-electron chi connectivity index (χ1n) is 4.65. The number of aryl methyl sites for hydroxylation is 1. The zero-order valence-electron chi connectivity index (χ0n) is 8.60. The highest BCUT2D eigenvalue weighted by Crippen LogP contribution is 2.02. The normalized spacial score (nSPS) is 10.1. The van der Waals surface area contributed by atoms with Crippen LogP contribution in [0.5, 0.6) is 0 Å². The molecule has 2 aromatic rings. The summed E-state index contributed by atoms with van der Waals surface area (Å²) in [4.78, 5) is 25.4. The maximum atomic E-state index is 11.7. The van der Waals surface area contributed by atoms with E-state index >= 15 is 0 Å². The maximum Gasteiger partial charge on any atom is 0.262 e. The molecule has 2 aromatic heterocycles. The van der Waals surface area contributed by atoms with Crippen molar-refractivity contribution in [2.75, 3.05) is 5.32 Å². The van der Waals surface area contributed by atoms with Gasteiger partial charge in [0.25, 0.3) is 11.5 Å². The lowest BCUT2D eigenvalue weighted by atomic mass is 10.2. The number of nitrogens with zero attached hydrogens (tertiary/aromatic N) is 2. The van der Waals surface area contributed by atoms with Gasteiger partial charge in [0.1, 0.15) is 5.56 Å². The van der Waals surface area contributed by atoms with E-state index in [1.54, 1.807) is 30.1 Å². The van der Waals surface area contributed by atoms with Gasteiger partial charge in [-0.2, -0.15) is 5.10 Å². The molecule has 0 bridgehead atoms. The molecule has 0 aliphatic carbocycles. The number of pyridine rings is 1. The Balaban J connectivity index is 2.21. The molecule has 0 spiro atoms. The number of nitrogens with one attached hydrogen (secondary N) is 2. The van der Waals surface area contributed by atoms with E-state index in [0.717, 1.165) is 0 Å². The molecular formula is C10H10N4O2. The minimum absolute atomic E-state index is 0.0631. The lowest BCUT2D eigenvalue weighted by Gasteiger charge is -1.99. The fourth-order valence-corrected chi connectivity index (χ4v) is 1.27. The number of aromatic amines is 1. The van der Waals surface area contributed by atoms with E-state index in [0.29, 0.717) is 5.82 Å². The first-order chi connectivity index (χ1) is 7.66. The Kier molecular flexibility index (Phi) is 2.55. The van der Waals surface area contributed by atoms with Gasteiger partial charge in [-0.15, -0.1) is 0 Å².